The minimum atomic E-state index is -2.01. The third kappa shape index (κ3) is 2.84. The van der Waals surface area contributed by atoms with E-state index >= 15 is 0 Å². The summed E-state index contributed by atoms with van der Waals surface area (Å²) in [6.07, 6.45) is 3.98. The van der Waals surface area contributed by atoms with Crippen molar-refractivity contribution < 1.29 is 0 Å². The van der Waals surface area contributed by atoms with Crippen molar-refractivity contribution in [2.75, 3.05) is 6.26 Å². The molecule has 0 N–H and O–H groups in total. The third-order valence-corrected chi connectivity index (χ3v) is 7.90. The standard InChI is InChI=1S/C6H7N2S.3CH3.Sn/c1-5-3-7-6(9-2)8-4-5;;;;/h3H,1-2H3;3*1H3;. The monoisotopic (exact) mass is 304 g/mol. The van der Waals surface area contributed by atoms with Gasteiger partial charge in [0.05, 0.1) is 0 Å². The summed E-state index contributed by atoms with van der Waals surface area (Å²) in [7, 11) is 0. The van der Waals surface area contributed by atoms with Crippen molar-refractivity contribution in [2.45, 2.75) is 26.9 Å². The van der Waals surface area contributed by atoms with Crippen molar-refractivity contribution >= 4 is 33.8 Å². The number of aryl methyl sites for hydroxylation is 1. The summed E-state index contributed by atoms with van der Waals surface area (Å²) >= 11 is -0.387. The van der Waals surface area contributed by atoms with Crippen LogP contribution in [0.2, 0.25) is 14.8 Å². The molecule has 0 saturated heterocycles. The summed E-state index contributed by atoms with van der Waals surface area (Å²) in [6, 6.07) is 0. The van der Waals surface area contributed by atoms with Crippen molar-refractivity contribution in [2.24, 2.45) is 0 Å². The first-order valence-corrected chi connectivity index (χ1v) is 15.5. The van der Waals surface area contributed by atoms with Gasteiger partial charge in [-0.15, -0.1) is 0 Å². The van der Waals surface area contributed by atoms with Crippen LogP contribution in [0.5, 0.6) is 0 Å². The van der Waals surface area contributed by atoms with E-state index < -0.39 is 18.4 Å². The van der Waals surface area contributed by atoms with Gasteiger partial charge >= 0.3 is 88.7 Å². The van der Waals surface area contributed by atoms with Crippen molar-refractivity contribution in [3.8, 4) is 0 Å². The van der Waals surface area contributed by atoms with E-state index in [0.717, 1.165) is 5.16 Å². The number of rotatable bonds is 2. The Morgan fingerprint density at radius 2 is 1.92 bits per heavy atom. The average molecular weight is 303 g/mol. The second-order valence-electron chi connectivity index (χ2n) is 4.14. The fraction of sp³-hybridized carbons (Fsp3) is 0.556. The summed E-state index contributed by atoms with van der Waals surface area (Å²) in [5, 5.41) is 0.909. The fourth-order valence-electron chi connectivity index (χ4n) is 1.28. The number of hydrogen-bond donors (Lipinski definition) is 0. The van der Waals surface area contributed by atoms with Crippen LogP contribution >= 0.6 is 11.8 Å². The second-order valence-corrected chi connectivity index (χ2v) is 19.1. The zero-order valence-electron chi connectivity index (χ0n) is 8.88. The van der Waals surface area contributed by atoms with Gasteiger partial charge in [0.1, 0.15) is 0 Å². The van der Waals surface area contributed by atoms with E-state index in [2.05, 4.69) is 31.7 Å². The SMILES string of the molecule is CSc1ncc(C)[c]([Sn]([CH3])([CH3])[CH3])n1. The molecule has 0 aromatic carbocycles. The van der Waals surface area contributed by atoms with Gasteiger partial charge in [-0.25, -0.2) is 0 Å². The van der Waals surface area contributed by atoms with E-state index in [1.165, 1.54) is 9.27 Å². The molecule has 2 nitrogen and oxygen atoms in total. The van der Waals surface area contributed by atoms with Crippen LogP contribution in [0.15, 0.2) is 11.4 Å². The molecule has 0 spiro atoms. The van der Waals surface area contributed by atoms with Gasteiger partial charge in [-0.05, 0) is 0 Å². The van der Waals surface area contributed by atoms with E-state index in [9.17, 15) is 0 Å². The summed E-state index contributed by atoms with van der Waals surface area (Å²) in [5.74, 6) is 0. The Balaban J connectivity index is 3.19. The molecule has 0 aliphatic rings. The Labute approximate surface area is 88.4 Å². The van der Waals surface area contributed by atoms with Gasteiger partial charge < -0.3 is 0 Å². The van der Waals surface area contributed by atoms with E-state index in [4.69, 9.17) is 0 Å². The van der Waals surface area contributed by atoms with Gasteiger partial charge in [-0.3, -0.25) is 0 Å². The molecule has 4 heteroatoms. The molecule has 0 aliphatic carbocycles. The first-order valence-electron chi connectivity index (χ1n) is 4.33. The van der Waals surface area contributed by atoms with Crippen LogP contribution in [0.3, 0.4) is 0 Å². The first-order chi connectivity index (χ1) is 5.95. The van der Waals surface area contributed by atoms with Crippen LogP contribution in [0.25, 0.3) is 0 Å². The first kappa shape index (κ1) is 11.3. The molecule has 72 valence electrons. The summed E-state index contributed by atoms with van der Waals surface area (Å²) < 4.78 is 1.36. The van der Waals surface area contributed by atoms with Gasteiger partial charge in [-0.2, -0.15) is 0 Å². The Morgan fingerprint density at radius 1 is 1.31 bits per heavy atom. The summed E-state index contributed by atoms with van der Waals surface area (Å²) in [4.78, 5) is 16.0. The molecule has 0 fully saturated rings. The van der Waals surface area contributed by atoms with Gasteiger partial charge in [0.25, 0.3) is 0 Å². The normalized spacial score (nSPS) is 11.8. The topological polar surface area (TPSA) is 25.8 Å². The third-order valence-electron chi connectivity index (χ3n) is 1.84. The molecule has 13 heavy (non-hydrogen) atoms. The van der Waals surface area contributed by atoms with E-state index in [1.807, 2.05) is 12.5 Å². The molecular weight excluding hydrogens is 287 g/mol. The molecule has 1 heterocycles. The van der Waals surface area contributed by atoms with Gasteiger partial charge in [0, 0.05) is 0 Å². The quantitative estimate of drug-likeness (QED) is 0.475. The number of thioether (sulfide) groups is 1. The van der Waals surface area contributed by atoms with Crippen LogP contribution in [0.4, 0.5) is 0 Å². The number of nitrogens with zero attached hydrogens (tertiary/aromatic N) is 2. The predicted molar refractivity (Wildman–Crippen MR) is 61.5 cm³/mol. The van der Waals surface area contributed by atoms with E-state index in [1.54, 1.807) is 11.8 Å². The molecule has 0 atom stereocenters. The van der Waals surface area contributed by atoms with E-state index in [-0.39, 0.29) is 0 Å². The molecule has 1 rings (SSSR count). The van der Waals surface area contributed by atoms with E-state index in [0.29, 0.717) is 0 Å². The second kappa shape index (κ2) is 4.17. The average Bonchev–Trinajstić information content (AvgIpc) is 2.03. The zero-order chi connectivity index (χ0) is 10.1. The Bertz CT molecular complexity index is 307. The predicted octanol–water partition coefficient (Wildman–Crippen LogP) is 2.05. The minimum absolute atomic E-state index is 0.909. The van der Waals surface area contributed by atoms with Crippen LogP contribution in [0.1, 0.15) is 5.56 Å². The maximum atomic E-state index is 4.61. The fourth-order valence-corrected chi connectivity index (χ4v) is 6.68. The molecule has 1 aromatic heterocycles. The van der Waals surface area contributed by atoms with Gasteiger partial charge in [0.2, 0.25) is 0 Å². The molecule has 0 radical (unpaired) electrons. The van der Waals surface area contributed by atoms with Crippen molar-refractivity contribution in [1.82, 2.24) is 9.97 Å². The summed E-state index contributed by atoms with van der Waals surface area (Å²) in [6.45, 7) is 2.11. The van der Waals surface area contributed by atoms with Gasteiger partial charge in [-0.1, -0.05) is 0 Å². The molecule has 1 aromatic rings. The molecule has 0 bridgehead atoms. The Morgan fingerprint density at radius 3 is 2.38 bits per heavy atom. The molecule has 0 aliphatic heterocycles. The number of aromatic nitrogens is 2. The zero-order valence-corrected chi connectivity index (χ0v) is 12.6. The van der Waals surface area contributed by atoms with Crippen LogP contribution in [-0.4, -0.2) is 34.6 Å². The summed E-state index contributed by atoms with van der Waals surface area (Å²) in [5.41, 5.74) is 1.26. The maximum absolute atomic E-state index is 4.61. The van der Waals surface area contributed by atoms with Crippen LogP contribution < -0.4 is 3.71 Å². The van der Waals surface area contributed by atoms with Crippen molar-refractivity contribution in [3.63, 3.8) is 0 Å². The van der Waals surface area contributed by atoms with Crippen LogP contribution in [0, 0.1) is 6.92 Å². The van der Waals surface area contributed by atoms with Gasteiger partial charge in [0.15, 0.2) is 0 Å². The number of hydrogen-bond acceptors (Lipinski definition) is 3. The van der Waals surface area contributed by atoms with Crippen LogP contribution in [-0.2, 0) is 0 Å². The Kier molecular flexibility index (Phi) is 3.63. The molecular formula is C9H16N2SSn. The molecule has 0 amide bonds. The van der Waals surface area contributed by atoms with Crippen molar-refractivity contribution in [1.29, 1.82) is 0 Å². The van der Waals surface area contributed by atoms with Crippen molar-refractivity contribution in [3.05, 3.63) is 11.8 Å². The Hall–Kier alpha value is 0.229. The molecule has 0 unspecified atom stereocenters. The molecule has 0 saturated carbocycles.